The lowest BCUT2D eigenvalue weighted by molar-refractivity contribution is -0.163. The van der Waals surface area contributed by atoms with Crippen LogP contribution in [0.15, 0.2) is 78.9 Å². The maximum atomic E-state index is 13.2. The van der Waals surface area contributed by atoms with E-state index in [0.29, 0.717) is 0 Å². The molecule has 0 saturated carbocycles. The summed E-state index contributed by atoms with van der Waals surface area (Å²) < 4.78 is 10.9. The Bertz CT molecular complexity index is 1300. The number of fused-ring (bicyclic) bond motifs is 3. The molecule has 0 saturated heterocycles. The molecule has 0 aliphatic heterocycles. The zero-order valence-corrected chi connectivity index (χ0v) is 24.3. The second kappa shape index (κ2) is 13.3. The quantitative estimate of drug-likeness (QED) is 0.201. The molecule has 9 heteroatoms. The third-order valence-corrected chi connectivity index (χ3v) is 9.58. The number of carboxylic acid groups (broad SMARTS) is 1. The van der Waals surface area contributed by atoms with Crippen LogP contribution in [0.2, 0.25) is 0 Å². The van der Waals surface area contributed by atoms with Crippen LogP contribution in [0, 0.1) is 0 Å². The monoisotopic (exact) mass is 579 g/mol. The average molecular weight is 580 g/mol. The van der Waals surface area contributed by atoms with E-state index in [-0.39, 0.29) is 29.4 Å². The molecular weight excluding hydrogens is 546 g/mol. The summed E-state index contributed by atoms with van der Waals surface area (Å²) in [6.07, 6.45) is -2.00. The molecule has 2 atom stereocenters. The SMILES string of the molecule is CC(C)(C)SSCC(OC(=O)C(Cc1ccccc1)NC(=O)OCC1c2ccccc2-c2ccccc21)C(=O)O. The normalized spacial score (nSPS) is 14.0. The number of hydrogen-bond acceptors (Lipinski definition) is 7. The third-order valence-electron chi connectivity index (χ3n) is 6.27. The largest absolute Gasteiger partial charge is 0.478 e. The molecule has 0 radical (unpaired) electrons. The first kappa shape index (κ1) is 29.6. The Balaban J connectivity index is 1.43. The van der Waals surface area contributed by atoms with Gasteiger partial charge in [-0.05, 0) is 27.8 Å². The lowest BCUT2D eigenvalue weighted by Gasteiger charge is -2.22. The molecule has 3 aromatic rings. The minimum absolute atomic E-state index is 0.0754. The molecule has 40 heavy (non-hydrogen) atoms. The van der Waals surface area contributed by atoms with Crippen LogP contribution in [0.25, 0.3) is 11.1 Å². The molecule has 0 heterocycles. The van der Waals surface area contributed by atoms with Gasteiger partial charge in [0.1, 0.15) is 12.6 Å². The number of hydrogen-bond donors (Lipinski definition) is 2. The van der Waals surface area contributed by atoms with Crippen molar-refractivity contribution in [1.82, 2.24) is 5.32 Å². The number of rotatable bonds is 11. The number of carbonyl (C=O) groups is 3. The second-order valence-electron chi connectivity index (χ2n) is 10.5. The van der Waals surface area contributed by atoms with E-state index in [9.17, 15) is 19.5 Å². The van der Waals surface area contributed by atoms with E-state index in [0.717, 1.165) is 27.8 Å². The van der Waals surface area contributed by atoms with Gasteiger partial charge in [0.25, 0.3) is 0 Å². The Hall–Kier alpha value is -3.43. The van der Waals surface area contributed by atoms with Gasteiger partial charge in [0.15, 0.2) is 0 Å². The fourth-order valence-electron chi connectivity index (χ4n) is 4.48. The highest BCUT2D eigenvalue weighted by atomic mass is 33.1. The third kappa shape index (κ3) is 7.82. The lowest BCUT2D eigenvalue weighted by Crippen LogP contribution is -2.46. The van der Waals surface area contributed by atoms with Crippen molar-refractivity contribution >= 4 is 39.6 Å². The number of ether oxygens (including phenoxy) is 2. The summed E-state index contributed by atoms with van der Waals surface area (Å²) in [7, 11) is 2.84. The van der Waals surface area contributed by atoms with E-state index < -0.39 is 30.2 Å². The predicted molar refractivity (Wildman–Crippen MR) is 159 cm³/mol. The molecule has 210 valence electrons. The Labute approximate surface area is 242 Å². The van der Waals surface area contributed by atoms with E-state index in [1.807, 2.05) is 87.5 Å². The summed E-state index contributed by atoms with van der Waals surface area (Å²) in [5.41, 5.74) is 5.16. The highest BCUT2D eigenvalue weighted by Crippen LogP contribution is 2.44. The summed E-state index contributed by atoms with van der Waals surface area (Å²) in [5.74, 6) is -2.13. The Kier molecular flexibility index (Phi) is 9.81. The molecule has 1 aliphatic rings. The second-order valence-corrected chi connectivity index (χ2v) is 13.6. The number of aliphatic carboxylic acids is 1. The first-order valence-corrected chi connectivity index (χ1v) is 15.3. The zero-order chi connectivity index (χ0) is 28.7. The smallest absolute Gasteiger partial charge is 0.407 e. The van der Waals surface area contributed by atoms with Crippen LogP contribution in [0.5, 0.6) is 0 Å². The van der Waals surface area contributed by atoms with Crippen LogP contribution in [0.3, 0.4) is 0 Å². The van der Waals surface area contributed by atoms with Gasteiger partial charge in [0.05, 0.1) is 5.75 Å². The lowest BCUT2D eigenvalue weighted by atomic mass is 9.98. The summed E-state index contributed by atoms with van der Waals surface area (Å²) in [6, 6.07) is 24.1. The molecule has 1 amide bonds. The standard InChI is InChI=1S/C31H33NO6S2/c1-31(2,3)40-39-19-27(28(33)34)38-29(35)26(17-20-11-5-4-6-12-20)32-30(36)37-18-25-23-15-9-7-13-21(23)22-14-8-10-16-24(22)25/h4-16,25-27H,17-19H2,1-3H3,(H,32,36)(H,33,34). The minimum Gasteiger partial charge on any atom is -0.478 e. The van der Waals surface area contributed by atoms with Crippen LogP contribution >= 0.6 is 21.6 Å². The van der Waals surface area contributed by atoms with Crippen molar-refractivity contribution in [3.63, 3.8) is 0 Å². The number of esters is 1. The molecular formula is C31H33NO6S2. The molecule has 2 unspecified atom stereocenters. The Morgan fingerprint density at radius 3 is 2.05 bits per heavy atom. The van der Waals surface area contributed by atoms with Crippen molar-refractivity contribution < 1.29 is 29.0 Å². The summed E-state index contributed by atoms with van der Waals surface area (Å²) >= 11 is 0. The first-order valence-electron chi connectivity index (χ1n) is 13.0. The van der Waals surface area contributed by atoms with Gasteiger partial charge in [0.2, 0.25) is 6.10 Å². The number of carboxylic acids is 1. The fourth-order valence-corrected chi connectivity index (χ4v) is 6.87. The maximum absolute atomic E-state index is 13.2. The molecule has 0 aromatic heterocycles. The highest BCUT2D eigenvalue weighted by molar-refractivity contribution is 8.77. The number of benzene rings is 3. The van der Waals surface area contributed by atoms with Gasteiger partial charge in [-0.2, -0.15) is 0 Å². The van der Waals surface area contributed by atoms with Crippen molar-refractivity contribution in [2.45, 2.75) is 50.0 Å². The maximum Gasteiger partial charge on any atom is 0.407 e. The van der Waals surface area contributed by atoms with Gasteiger partial charge in [0, 0.05) is 17.1 Å². The van der Waals surface area contributed by atoms with Crippen molar-refractivity contribution in [1.29, 1.82) is 0 Å². The number of alkyl carbamates (subject to hydrolysis) is 1. The molecule has 1 aliphatic carbocycles. The predicted octanol–water partition coefficient (Wildman–Crippen LogP) is 6.31. The highest BCUT2D eigenvalue weighted by Gasteiger charge is 2.32. The van der Waals surface area contributed by atoms with Crippen molar-refractivity contribution in [3.05, 3.63) is 95.6 Å². The van der Waals surface area contributed by atoms with Crippen molar-refractivity contribution in [2.24, 2.45) is 0 Å². The number of amides is 1. The van der Waals surface area contributed by atoms with E-state index in [1.54, 1.807) is 0 Å². The number of carbonyl (C=O) groups excluding carboxylic acids is 2. The van der Waals surface area contributed by atoms with Crippen molar-refractivity contribution in [3.8, 4) is 11.1 Å². The average Bonchev–Trinajstić information content (AvgIpc) is 3.24. The molecule has 7 nitrogen and oxygen atoms in total. The Morgan fingerprint density at radius 2 is 1.48 bits per heavy atom. The molecule has 4 rings (SSSR count). The first-order chi connectivity index (χ1) is 19.1. The zero-order valence-electron chi connectivity index (χ0n) is 22.7. The fraction of sp³-hybridized carbons (Fsp3) is 0.323. The van der Waals surface area contributed by atoms with Gasteiger partial charge >= 0.3 is 18.0 Å². The van der Waals surface area contributed by atoms with Gasteiger partial charge in [-0.15, -0.1) is 0 Å². The van der Waals surface area contributed by atoms with E-state index in [1.165, 1.54) is 21.6 Å². The van der Waals surface area contributed by atoms with E-state index in [4.69, 9.17) is 9.47 Å². The van der Waals surface area contributed by atoms with Gasteiger partial charge < -0.3 is 19.9 Å². The summed E-state index contributed by atoms with van der Waals surface area (Å²) in [5, 5.41) is 12.3. The minimum atomic E-state index is -1.35. The van der Waals surface area contributed by atoms with Gasteiger partial charge in [-0.1, -0.05) is 121 Å². The van der Waals surface area contributed by atoms with Crippen molar-refractivity contribution in [2.75, 3.05) is 12.4 Å². The number of nitrogens with one attached hydrogen (secondary N) is 1. The van der Waals surface area contributed by atoms with Crippen LogP contribution in [-0.4, -0.2) is 52.4 Å². The van der Waals surface area contributed by atoms with Crippen LogP contribution in [0.1, 0.15) is 43.4 Å². The van der Waals surface area contributed by atoms with Crippen LogP contribution in [-0.2, 0) is 25.5 Å². The van der Waals surface area contributed by atoms with Crippen LogP contribution < -0.4 is 5.32 Å². The van der Waals surface area contributed by atoms with Crippen LogP contribution in [0.4, 0.5) is 4.79 Å². The Morgan fingerprint density at radius 1 is 0.900 bits per heavy atom. The molecule has 0 bridgehead atoms. The van der Waals surface area contributed by atoms with E-state index in [2.05, 4.69) is 17.4 Å². The molecule has 2 N–H and O–H groups in total. The summed E-state index contributed by atoms with van der Waals surface area (Å²) in [4.78, 5) is 38.0. The molecule has 0 fully saturated rings. The molecule has 0 spiro atoms. The molecule has 3 aromatic carbocycles. The topological polar surface area (TPSA) is 102 Å². The summed E-state index contributed by atoms with van der Waals surface area (Å²) in [6.45, 7) is 6.13. The van der Waals surface area contributed by atoms with E-state index >= 15 is 0 Å². The van der Waals surface area contributed by atoms with Gasteiger partial charge in [-0.25, -0.2) is 14.4 Å². The van der Waals surface area contributed by atoms with Gasteiger partial charge in [-0.3, -0.25) is 0 Å².